The van der Waals surface area contributed by atoms with E-state index in [1.165, 1.54) is 5.56 Å². The van der Waals surface area contributed by atoms with E-state index in [9.17, 15) is 4.79 Å². The first-order valence-corrected chi connectivity index (χ1v) is 4.87. The van der Waals surface area contributed by atoms with Crippen LogP contribution in [0.5, 0.6) is 0 Å². The molecule has 1 rings (SSSR count). The Morgan fingerprint density at radius 3 is 2.29 bits per heavy atom. The Morgan fingerprint density at radius 1 is 1.29 bits per heavy atom. The van der Waals surface area contributed by atoms with E-state index in [1.807, 2.05) is 45.9 Å². The largest absolute Gasteiger partial charge is 0.481 e. The summed E-state index contributed by atoms with van der Waals surface area (Å²) < 4.78 is 0. The monoisotopic (exact) mass is 194 g/mol. The molecule has 0 aliphatic heterocycles. The zero-order valence-corrected chi connectivity index (χ0v) is 9.29. The number of hydrogen-bond acceptors (Lipinski definition) is 1. The molecule has 0 fully saturated rings. The lowest BCUT2D eigenvalue weighted by Gasteiger charge is -2.02. The molecule has 0 amide bonds. The Hall–Kier alpha value is -1.31. The summed E-state index contributed by atoms with van der Waals surface area (Å²) in [4.78, 5) is 10.4. The molecule has 0 radical (unpaired) electrons. The lowest BCUT2D eigenvalue weighted by molar-refractivity contribution is -0.136. The number of carbonyl (C=O) groups is 1. The fraction of sp³-hybridized carbons (Fsp3) is 0.417. The van der Waals surface area contributed by atoms with Gasteiger partial charge < -0.3 is 5.11 Å². The molecule has 78 valence electrons. The molecule has 0 heterocycles. The normalized spacial score (nSPS) is 8.86. The number of carboxylic acids is 1. The molecule has 2 heteroatoms. The molecule has 0 aliphatic carbocycles. The van der Waals surface area contributed by atoms with Crippen LogP contribution in [0.2, 0.25) is 0 Å². The van der Waals surface area contributed by atoms with E-state index in [-0.39, 0.29) is 6.42 Å². The third-order valence-corrected chi connectivity index (χ3v) is 1.84. The van der Waals surface area contributed by atoms with Crippen LogP contribution in [0, 0.1) is 13.8 Å². The second-order valence-electron chi connectivity index (χ2n) is 3.00. The number of carboxylic acid groups (broad SMARTS) is 1. The summed E-state index contributed by atoms with van der Waals surface area (Å²) in [7, 11) is 0. The predicted molar refractivity (Wildman–Crippen MR) is 58.6 cm³/mol. The second kappa shape index (κ2) is 6.19. The van der Waals surface area contributed by atoms with Crippen LogP contribution >= 0.6 is 0 Å². The lowest BCUT2D eigenvalue weighted by Crippen LogP contribution is -2.01. The Morgan fingerprint density at radius 2 is 1.86 bits per heavy atom. The number of hydrogen-bond donors (Lipinski definition) is 1. The molecule has 0 bridgehead atoms. The highest BCUT2D eigenvalue weighted by Crippen LogP contribution is 2.10. The molecule has 2 nitrogen and oxygen atoms in total. The van der Waals surface area contributed by atoms with Crippen molar-refractivity contribution in [2.75, 3.05) is 0 Å². The molecule has 0 unspecified atom stereocenters. The van der Waals surface area contributed by atoms with Gasteiger partial charge in [-0.2, -0.15) is 0 Å². The molecule has 1 aromatic carbocycles. The summed E-state index contributed by atoms with van der Waals surface area (Å²) in [5, 5.41) is 8.56. The summed E-state index contributed by atoms with van der Waals surface area (Å²) >= 11 is 0. The lowest BCUT2D eigenvalue weighted by atomic mass is 10.0. The van der Waals surface area contributed by atoms with E-state index in [4.69, 9.17) is 5.11 Å². The number of rotatable bonds is 2. The van der Waals surface area contributed by atoms with Gasteiger partial charge in [0.05, 0.1) is 6.42 Å². The van der Waals surface area contributed by atoms with Crippen molar-refractivity contribution in [2.45, 2.75) is 34.1 Å². The first-order chi connectivity index (χ1) is 6.59. The van der Waals surface area contributed by atoms with Crippen LogP contribution in [-0.2, 0) is 11.2 Å². The fourth-order valence-electron chi connectivity index (χ4n) is 1.21. The predicted octanol–water partition coefficient (Wildman–Crippen LogP) is 2.96. The topological polar surface area (TPSA) is 37.3 Å². The van der Waals surface area contributed by atoms with Crippen LogP contribution in [0.4, 0.5) is 0 Å². The Balaban J connectivity index is 0.000000791. The average Bonchev–Trinajstić information content (AvgIpc) is 2.13. The highest BCUT2D eigenvalue weighted by molar-refractivity contribution is 5.70. The third-order valence-electron chi connectivity index (χ3n) is 1.84. The van der Waals surface area contributed by atoms with E-state index >= 15 is 0 Å². The van der Waals surface area contributed by atoms with Crippen LogP contribution in [0.1, 0.15) is 30.5 Å². The maximum atomic E-state index is 10.4. The van der Waals surface area contributed by atoms with Gasteiger partial charge in [-0.1, -0.05) is 37.6 Å². The van der Waals surface area contributed by atoms with Crippen molar-refractivity contribution in [1.82, 2.24) is 0 Å². The van der Waals surface area contributed by atoms with Crippen molar-refractivity contribution >= 4 is 5.97 Å². The first-order valence-electron chi connectivity index (χ1n) is 4.87. The van der Waals surface area contributed by atoms with Crippen molar-refractivity contribution in [1.29, 1.82) is 0 Å². The molecule has 1 aromatic rings. The molecule has 0 spiro atoms. The van der Waals surface area contributed by atoms with Crippen LogP contribution in [0.15, 0.2) is 18.2 Å². The molecule has 1 N–H and O–H groups in total. The second-order valence-corrected chi connectivity index (χ2v) is 3.00. The summed E-state index contributed by atoms with van der Waals surface area (Å²) in [5.74, 6) is -0.776. The van der Waals surface area contributed by atoms with Crippen LogP contribution in [-0.4, -0.2) is 11.1 Å². The highest BCUT2D eigenvalue weighted by Gasteiger charge is 2.02. The minimum atomic E-state index is -0.776. The van der Waals surface area contributed by atoms with Crippen molar-refractivity contribution in [3.63, 3.8) is 0 Å². The van der Waals surface area contributed by atoms with Crippen LogP contribution < -0.4 is 0 Å². The van der Waals surface area contributed by atoms with Crippen LogP contribution in [0.3, 0.4) is 0 Å². The first kappa shape index (κ1) is 12.7. The molecule has 14 heavy (non-hydrogen) atoms. The average molecular weight is 194 g/mol. The number of aliphatic carboxylic acids is 1. The van der Waals surface area contributed by atoms with Crippen molar-refractivity contribution in [2.24, 2.45) is 0 Å². The summed E-state index contributed by atoms with van der Waals surface area (Å²) in [6.45, 7) is 7.93. The van der Waals surface area contributed by atoms with Gasteiger partial charge in [-0.05, 0) is 25.0 Å². The van der Waals surface area contributed by atoms with Crippen molar-refractivity contribution in [3.05, 3.63) is 34.9 Å². The molecule has 0 saturated heterocycles. The zero-order chi connectivity index (χ0) is 11.1. The van der Waals surface area contributed by atoms with Gasteiger partial charge in [-0.3, -0.25) is 4.79 Å². The fourth-order valence-corrected chi connectivity index (χ4v) is 1.21. The van der Waals surface area contributed by atoms with Gasteiger partial charge in [0, 0.05) is 0 Å². The van der Waals surface area contributed by atoms with E-state index in [0.717, 1.165) is 11.1 Å². The molecule has 0 saturated carbocycles. The Kier molecular flexibility index (Phi) is 5.61. The van der Waals surface area contributed by atoms with Crippen molar-refractivity contribution in [3.8, 4) is 0 Å². The van der Waals surface area contributed by atoms with E-state index in [0.29, 0.717) is 0 Å². The Bertz CT molecular complexity index is 303. The molecule has 0 aliphatic rings. The van der Waals surface area contributed by atoms with Gasteiger partial charge in [-0.25, -0.2) is 0 Å². The standard InChI is InChI=1S/C10H12O2.C2H6/c1-7-3-4-9(6-10(11)12)8(2)5-7;1-2/h3-5H,6H2,1-2H3,(H,11,12);1-2H3. The smallest absolute Gasteiger partial charge is 0.307 e. The molecule has 0 atom stereocenters. The van der Waals surface area contributed by atoms with Gasteiger partial charge in [0.1, 0.15) is 0 Å². The van der Waals surface area contributed by atoms with Crippen molar-refractivity contribution < 1.29 is 9.90 Å². The Labute approximate surface area is 85.6 Å². The van der Waals surface area contributed by atoms with Gasteiger partial charge in [-0.15, -0.1) is 0 Å². The SMILES string of the molecule is CC.Cc1ccc(CC(=O)O)c(C)c1. The minimum absolute atomic E-state index is 0.117. The molecular weight excluding hydrogens is 176 g/mol. The van der Waals surface area contributed by atoms with Gasteiger partial charge in [0.2, 0.25) is 0 Å². The molecular formula is C12H18O2. The summed E-state index contributed by atoms with van der Waals surface area (Å²) in [6.07, 6.45) is 0.117. The summed E-state index contributed by atoms with van der Waals surface area (Å²) in [5.41, 5.74) is 3.12. The number of benzene rings is 1. The van der Waals surface area contributed by atoms with E-state index in [2.05, 4.69) is 0 Å². The zero-order valence-electron chi connectivity index (χ0n) is 9.29. The third kappa shape index (κ3) is 4.08. The molecule has 0 aromatic heterocycles. The van der Waals surface area contributed by atoms with Gasteiger partial charge >= 0.3 is 5.97 Å². The maximum absolute atomic E-state index is 10.4. The number of aryl methyl sites for hydroxylation is 2. The van der Waals surface area contributed by atoms with Crippen LogP contribution in [0.25, 0.3) is 0 Å². The maximum Gasteiger partial charge on any atom is 0.307 e. The van der Waals surface area contributed by atoms with E-state index in [1.54, 1.807) is 0 Å². The quantitative estimate of drug-likeness (QED) is 0.785. The van der Waals surface area contributed by atoms with Gasteiger partial charge in [0.15, 0.2) is 0 Å². The highest BCUT2D eigenvalue weighted by atomic mass is 16.4. The van der Waals surface area contributed by atoms with Gasteiger partial charge in [0.25, 0.3) is 0 Å². The minimum Gasteiger partial charge on any atom is -0.481 e. The summed E-state index contributed by atoms with van der Waals surface area (Å²) in [6, 6.07) is 5.81. The van der Waals surface area contributed by atoms with E-state index < -0.39 is 5.97 Å².